The normalized spacial score (nSPS) is 10.8. The van der Waals surface area contributed by atoms with Crippen molar-refractivity contribution in [1.82, 2.24) is 4.57 Å². The highest BCUT2D eigenvalue weighted by atomic mass is 35.5. The van der Waals surface area contributed by atoms with Gasteiger partial charge in [-0.3, -0.25) is 4.79 Å². The number of carbonyl (C=O) groups excluding carboxylic acids is 1. The van der Waals surface area contributed by atoms with E-state index in [2.05, 4.69) is 0 Å². The van der Waals surface area contributed by atoms with Crippen LogP contribution in [0.4, 0.5) is 0 Å². The highest BCUT2D eigenvalue weighted by Gasteiger charge is 2.10. The molecule has 0 bridgehead atoms. The van der Waals surface area contributed by atoms with Crippen molar-refractivity contribution in [2.45, 2.75) is 0 Å². The van der Waals surface area contributed by atoms with Crippen LogP contribution in [0.25, 0.3) is 16.6 Å². The highest BCUT2D eigenvalue weighted by molar-refractivity contribution is 6.32. The number of carbonyl (C=O) groups is 1. The summed E-state index contributed by atoms with van der Waals surface area (Å²) in [6, 6.07) is 12.8. The molecule has 0 saturated heterocycles. The molecule has 21 heavy (non-hydrogen) atoms. The van der Waals surface area contributed by atoms with Crippen molar-refractivity contribution in [3.63, 3.8) is 0 Å². The molecule has 5 heteroatoms. The topological polar surface area (TPSA) is 57.2 Å². The van der Waals surface area contributed by atoms with Gasteiger partial charge in [0.15, 0.2) is 0 Å². The second-order valence-corrected chi connectivity index (χ2v) is 5.05. The fraction of sp³-hybridized carbons (Fsp3) is 0.0625. The molecular formula is C16H13ClN2O2. The molecule has 3 rings (SSSR count). The smallest absolute Gasteiger partial charge is 0.248 e. The van der Waals surface area contributed by atoms with Gasteiger partial charge in [-0.25, -0.2) is 0 Å². The molecule has 2 aromatic carbocycles. The van der Waals surface area contributed by atoms with E-state index in [1.807, 2.05) is 35.0 Å². The molecule has 3 aromatic rings. The standard InChI is InChI=1S/C16H13ClN2O2/c1-21-12-3-5-14-10(8-12)6-7-19(14)15-4-2-11(16(18)20)9-13(15)17/h2-9H,1H3,(H2,18,20). The van der Waals surface area contributed by atoms with Gasteiger partial charge in [0.1, 0.15) is 5.75 Å². The number of nitrogens with zero attached hydrogens (tertiary/aromatic N) is 1. The van der Waals surface area contributed by atoms with Crippen LogP contribution in [0.5, 0.6) is 5.75 Å². The van der Waals surface area contributed by atoms with Gasteiger partial charge in [0.05, 0.1) is 23.3 Å². The van der Waals surface area contributed by atoms with Gasteiger partial charge in [-0.05, 0) is 42.5 Å². The van der Waals surface area contributed by atoms with Gasteiger partial charge in [0, 0.05) is 17.1 Å². The maximum atomic E-state index is 11.2. The van der Waals surface area contributed by atoms with Crippen molar-refractivity contribution >= 4 is 28.4 Å². The number of hydrogen-bond acceptors (Lipinski definition) is 2. The zero-order valence-electron chi connectivity index (χ0n) is 11.3. The number of fused-ring (bicyclic) bond motifs is 1. The monoisotopic (exact) mass is 300 g/mol. The number of hydrogen-bond donors (Lipinski definition) is 1. The van der Waals surface area contributed by atoms with E-state index < -0.39 is 5.91 Å². The predicted octanol–water partition coefficient (Wildman–Crippen LogP) is 3.39. The summed E-state index contributed by atoms with van der Waals surface area (Å²) in [6.07, 6.45) is 1.93. The molecule has 106 valence electrons. The minimum atomic E-state index is -0.495. The van der Waals surface area contributed by atoms with Crippen LogP contribution < -0.4 is 10.5 Å². The minimum Gasteiger partial charge on any atom is -0.497 e. The summed E-state index contributed by atoms with van der Waals surface area (Å²) in [5.41, 5.74) is 7.44. The first-order valence-electron chi connectivity index (χ1n) is 6.35. The second-order valence-electron chi connectivity index (χ2n) is 4.64. The van der Waals surface area contributed by atoms with E-state index in [1.165, 1.54) is 0 Å². The van der Waals surface area contributed by atoms with Crippen LogP contribution in [-0.4, -0.2) is 17.6 Å². The number of ether oxygens (including phenoxy) is 1. The lowest BCUT2D eigenvalue weighted by molar-refractivity contribution is 0.100. The van der Waals surface area contributed by atoms with Crippen LogP contribution in [0.1, 0.15) is 10.4 Å². The molecule has 0 fully saturated rings. The zero-order chi connectivity index (χ0) is 15.0. The van der Waals surface area contributed by atoms with Crippen molar-refractivity contribution in [1.29, 1.82) is 0 Å². The molecule has 0 aliphatic rings. The third kappa shape index (κ3) is 2.34. The number of aromatic nitrogens is 1. The lowest BCUT2D eigenvalue weighted by Crippen LogP contribution is -2.11. The first-order chi connectivity index (χ1) is 10.1. The lowest BCUT2D eigenvalue weighted by atomic mass is 10.2. The molecule has 1 amide bonds. The van der Waals surface area contributed by atoms with Gasteiger partial charge < -0.3 is 15.0 Å². The number of primary amides is 1. The Kier molecular flexibility index (Phi) is 3.31. The molecule has 1 heterocycles. The van der Waals surface area contributed by atoms with E-state index >= 15 is 0 Å². The van der Waals surface area contributed by atoms with Crippen molar-refractivity contribution in [3.8, 4) is 11.4 Å². The Morgan fingerprint density at radius 3 is 2.67 bits per heavy atom. The third-order valence-corrected chi connectivity index (χ3v) is 3.69. The Hall–Kier alpha value is -2.46. The van der Waals surface area contributed by atoms with Crippen LogP contribution in [0.15, 0.2) is 48.7 Å². The highest BCUT2D eigenvalue weighted by Crippen LogP contribution is 2.28. The summed E-state index contributed by atoms with van der Waals surface area (Å²) in [5, 5.41) is 1.52. The Morgan fingerprint density at radius 2 is 2.00 bits per heavy atom. The Balaban J connectivity index is 2.14. The maximum Gasteiger partial charge on any atom is 0.248 e. The fourth-order valence-corrected chi connectivity index (χ4v) is 2.58. The van der Waals surface area contributed by atoms with E-state index in [1.54, 1.807) is 25.3 Å². The Morgan fingerprint density at radius 1 is 1.19 bits per heavy atom. The van der Waals surface area contributed by atoms with E-state index in [0.29, 0.717) is 10.6 Å². The molecule has 4 nitrogen and oxygen atoms in total. The molecule has 2 N–H and O–H groups in total. The number of nitrogens with two attached hydrogens (primary N) is 1. The number of amides is 1. The van der Waals surface area contributed by atoms with Gasteiger partial charge in [0.25, 0.3) is 0 Å². The average molecular weight is 301 g/mol. The predicted molar refractivity (Wildman–Crippen MR) is 83.4 cm³/mol. The first-order valence-corrected chi connectivity index (χ1v) is 6.73. The molecule has 0 radical (unpaired) electrons. The number of halogens is 1. The molecule has 0 saturated carbocycles. The van der Waals surface area contributed by atoms with Gasteiger partial charge in [0.2, 0.25) is 5.91 Å². The van der Waals surface area contributed by atoms with Crippen molar-refractivity contribution in [3.05, 3.63) is 59.2 Å². The van der Waals surface area contributed by atoms with Crippen LogP contribution in [-0.2, 0) is 0 Å². The number of rotatable bonds is 3. The molecule has 0 aliphatic carbocycles. The van der Waals surface area contributed by atoms with E-state index in [-0.39, 0.29) is 0 Å². The largest absolute Gasteiger partial charge is 0.497 e. The van der Waals surface area contributed by atoms with E-state index in [0.717, 1.165) is 22.3 Å². The van der Waals surface area contributed by atoms with Crippen LogP contribution in [0.2, 0.25) is 5.02 Å². The van der Waals surface area contributed by atoms with Gasteiger partial charge in [-0.1, -0.05) is 11.6 Å². The SMILES string of the molecule is COc1ccc2c(ccn2-c2ccc(C(N)=O)cc2Cl)c1. The summed E-state index contributed by atoms with van der Waals surface area (Å²) in [7, 11) is 1.64. The molecule has 0 unspecified atom stereocenters. The summed E-state index contributed by atoms with van der Waals surface area (Å²) in [6.45, 7) is 0. The summed E-state index contributed by atoms with van der Waals surface area (Å²) < 4.78 is 7.18. The average Bonchev–Trinajstić information content (AvgIpc) is 2.89. The van der Waals surface area contributed by atoms with Crippen LogP contribution in [0, 0.1) is 0 Å². The number of methoxy groups -OCH3 is 1. The molecule has 0 spiro atoms. The Labute approximate surface area is 126 Å². The summed E-state index contributed by atoms with van der Waals surface area (Å²) in [5.74, 6) is 0.306. The molecule has 0 atom stereocenters. The van der Waals surface area contributed by atoms with Gasteiger partial charge in [-0.2, -0.15) is 0 Å². The van der Waals surface area contributed by atoms with E-state index in [4.69, 9.17) is 22.1 Å². The summed E-state index contributed by atoms with van der Waals surface area (Å²) >= 11 is 6.27. The zero-order valence-corrected chi connectivity index (χ0v) is 12.1. The minimum absolute atomic E-state index is 0.391. The van der Waals surface area contributed by atoms with Gasteiger partial charge >= 0.3 is 0 Å². The molecular weight excluding hydrogens is 288 g/mol. The Bertz CT molecular complexity index is 839. The first kappa shape index (κ1) is 13.5. The summed E-state index contributed by atoms with van der Waals surface area (Å²) in [4.78, 5) is 11.2. The fourth-order valence-electron chi connectivity index (χ4n) is 2.31. The number of benzene rings is 2. The quantitative estimate of drug-likeness (QED) is 0.806. The van der Waals surface area contributed by atoms with E-state index in [9.17, 15) is 4.79 Å². The molecule has 0 aliphatic heterocycles. The van der Waals surface area contributed by atoms with Gasteiger partial charge in [-0.15, -0.1) is 0 Å². The maximum absolute atomic E-state index is 11.2. The van der Waals surface area contributed by atoms with Crippen molar-refractivity contribution in [2.24, 2.45) is 5.73 Å². The van der Waals surface area contributed by atoms with Crippen LogP contribution in [0.3, 0.4) is 0 Å². The van der Waals surface area contributed by atoms with Crippen molar-refractivity contribution in [2.75, 3.05) is 7.11 Å². The molecule has 1 aromatic heterocycles. The lowest BCUT2D eigenvalue weighted by Gasteiger charge is -2.09. The van der Waals surface area contributed by atoms with Crippen molar-refractivity contribution < 1.29 is 9.53 Å². The third-order valence-electron chi connectivity index (χ3n) is 3.39. The second kappa shape index (κ2) is 5.14. The van der Waals surface area contributed by atoms with Crippen LogP contribution >= 0.6 is 11.6 Å².